The molecule has 5 nitrogen and oxygen atoms in total. The maximum Gasteiger partial charge on any atom is 0.255 e. The number of likely N-dealkylation sites (N-methyl/N-ethyl adjacent to an activating group) is 1. The Morgan fingerprint density at radius 2 is 1.88 bits per heavy atom. The van der Waals surface area contributed by atoms with Crippen molar-refractivity contribution < 1.29 is 22.9 Å². The highest BCUT2D eigenvalue weighted by Gasteiger charge is 2.16. The minimum atomic E-state index is -2.87. The Balaban J connectivity index is 2.27. The molecule has 0 aromatic heterocycles. The Morgan fingerprint density at radius 1 is 1.24 bits per heavy atom. The fourth-order valence-electron chi connectivity index (χ4n) is 2.13. The third kappa shape index (κ3) is 4.62. The van der Waals surface area contributed by atoms with Gasteiger partial charge in [-0.15, -0.1) is 0 Å². The number of hydrogen-bond acceptors (Lipinski definition) is 3. The summed E-state index contributed by atoms with van der Waals surface area (Å²) in [6.07, 6.45) is 0. The first kappa shape index (κ1) is 19.0. The predicted molar refractivity (Wildman–Crippen MR) is 94.0 cm³/mol. The summed E-state index contributed by atoms with van der Waals surface area (Å²) in [5, 5.41) is 11.4. The smallest absolute Gasteiger partial charge is 0.255 e. The Morgan fingerprint density at radius 3 is 2.48 bits per heavy atom. The van der Waals surface area contributed by atoms with Gasteiger partial charge in [0.25, 0.3) is 5.91 Å². The van der Waals surface area contributed by atoms with E-state index in [0.717, 1.165) is 12.1 Å². The first-order valence-electron chi connectivity index (χ1n) is 7.31. The minimum absolute atomic E-state index is 0.0272. The molecule has 2 aromatic rings. The van der Waals surface area contributed by atoms with Gasteiger partial charge in [0.05, 0.1) is 16.3 Å². The molecular formula is C17H18F2N2O3S. The fourth-order valence-corrected chi connectivity index (χ4v) is 3.47. The molecule has 0 aliphatic heterocycles. The van der Waals surface area contributed by atoms with Crippen molar-refractivity contribution in [3.8, 4) is 0 Å². The molecule has 134 valence electrons. The maximum atomic E-state index is 13.2. The number of carbonyl (C=O) groups is 1. The summed E-state index contributed by atoms with van der Waals surface area (Å²) >= 11 is 0. The molecule has 25 heavy (non-hydrogen) atoms. The molecule has 0 saturated carbocycles. The van der Waals surface area contributed by atoms with E-state index in [-0.39, 0.29) is 24.4 Å². The highest BCUT2D eigenvalue weighted by molar-refractivity contribution is 7.98. The van der Waals surface area contributed by atoms with E-state index in [4.69, 9.17) is 5.11 Å². The molecule has 2 rings (SSSR count). The molecular weight excluding hydrogens is 350 g/mol. The van der Waals surface area contributed by atoms with Gasteiger partial charge in [-0.05, 0) is 43.2 Å². The van der Waals surface area contributed by atoms with E-state index in [1.807, 2.05) is 0 Å². The number of carbonyl (C=O) groups excluding carboxylic acids is 1. The van der Waals surface area contributed by atoms with Crippen LogP contribution in [0.5, 0.6) is 0 Å². The van der Waals surface area contributed by atoms with Crippen molar-refractivity contribution in [3.63, 3.8) is 0 Å². The van der Waals surface area contributed by atoms with Crippen LogP contribution in [0.15, 0.2) is 47.4 Å². The van der Waals surface area contributed by atoms with E-state index in [0.29, 0.717) is 11.0 Å². The predicted octanol–water partition coefficient (Wildman–Crippen LogP) is 2.13. The Kier molecular flexibility index (Phi) is 5.89. The summed E-state index contributed by atoms with van der Waals surface area (Å²) in [6, 6.07) is 8.65. The summed E-state index contributed by atoms with van der Waals surface area (Å²) < 4.78 is 40.6. The molecule has 2 N–H and O–H groups in total. The second-order valence-electron chi connectivity index (χ2n) is 5.36. The van der Waals surface area contributed by atoms with Crippen LogP contribution in [0.2, 0.25) is 0 Å². The lowest BCUT2D eigenvalue weighted by Gasteiger charge is -2.21. The second-order valence-corrected chi connectivity index (χ2v) is 7.73. The molecule has 0 aliphatic carbocycles. The Hall–Kier alpha value is -2.29. The van der Waals surface area contributed by atoms with Gasteiger partial charge in [0.2, 0.25) is 0 Å². The number of anilines is 1. The Labute approximate surface area is 145 Å². The van der Waals surface area contributed by atoms with E-state index in [1.54, 1.807) is 13.1 Å². The molecule has 1 unspecified atom stereocenters. The lowest BCUT2D eigenvalue weighted by Crippen LogP contribution is -2.29. The zero-order chi connectivity index (χ0) is 18.6. The van der Waals surface area contributed by atoms with Crippen molar-refractivity contribution in [2.24, 2.45) is 0 Å². The monoisotopic (exact) mass is 368 g/mol. The largest absolute Gasteiger partial charge is 0.395 e. The van der Waals surface area contributed by atoms with Crippen molar-refractivity contribution in [1.82, 2.24) is 4.31 Å². The van der Waals surface area contributed by atoms with Gasteiger partial charge < -0.3 is 10.4 Å². The summed E-state index contributed by atoms with van der Waals surface area (Å²) in [6.45, 7) is -0.0321. The van der Waals surface area contributed by atoms with Crippen LogP contribution in [0, 0.1) is 11.6 Å². The first-order valence-corrected chi connectivity index (χ1v) is 8.99. The molecule has 0 bridgehead atoms. The van der Waals surface area contributed by atoms with Crippen LogP contribution >= 0.6 is 0 Å². The van der Waals surface area contributed by atoms with Crippen LogP contribution in [-0.4, -0.2) is 45.6 Å². The second kappa shape index (κ2) is 7.73. The number of amides is 1. The van der Waals surface area contributed by atoms with Crippen molar-refractivity contribution in [3.05, 3.63) is 59.7 Å². The van der Waals surface area contributed by atoms with Crippen LogP contribution in [0.1, 0.15) is 10.4 Å². The summed E-state index contributed by atoms with van der Waals surface area (Å²) in [7, 11) is -1.32. The molecule has 0 heterocycles. The van der Waals surface area contributed by atoms with Gasteiger partial charge in [-0.3, -0.25) is 4.79 Å². The summed E-state index contributed by atoms with van der Waals surface area (Å²) in [5.74, 6) is 1.45. The van der Waals surface area contributed by atoms with E-state index < -0.39 is 27.2 Å². The normalized spacial score (nSPS) is 13.5. The highest BCUT2D eigenvalue weighted by atomic mass is 32.2. The highest BCUT2D eigenvalue weighted by Crippen LogP contribution is 2.18. The molecule has 0 spiro atoms. The zero-order valence-corrected chi connectivity index (χ0v) is 14.4. The maximum absolute atomic E-state index is 13.2. The molecule has 1 amide bonds. The average molecular weight is 368 g/mol. The summed E-state index contributed by atoms with van der Waals surface area (Å²) in [4.78, 5) is 12.6. The summed E-state index contributed by atoms with van der Waals surface area (Å²) in [5.41, 5.74) is 0.136. The van der Waals surface area contributed by atoms with Gasteiger partial charge in [-0.1, -0.05) is 6.07 Å². The van der Waals surface area contributed by atoms with Gasteiger partial charge >= 0.3 is 0 Å². The number of halogens is 2. The fraction of sp³-hybridized carbons (Fsp3) is 0.176. The third-order valence-corrected chi connectivity index (χ3v) is 5.68. The third-order valence-electron chi connectivity index (χ3n) is 3.50. The van der Waals surface area contributed by atoms with Crippen molar-refractivity contribution in [1.29, 1.82) is 0 Å². The standard InChI is InChI=1S/C17H18F2N2O3S/c1-21(6-7-22)25(2,24)16-5-3-4-12(8-16)17(23)20-15-10-13(18)9-14(19)11-15/h3-5,8-11,22H,2,6-7H2,1H3,(H,20,23). The number of aliphatic hydroxyl groups excluding tert-OH is 1. The van der Waals surface area contributed by atoms with Gasteiger partial charge in [0, 0.05) is 28.8 Å². The Bertz CT molecular complexity index is 865. The van der Waals surface area contributed by atoms with Gasteiger partial charge in [-0.25, -0.2) is 17.3 Å². The quantitative estimate of drug-likeness (QED) is 0.768. The van der Waals surface area contributed by atoms with Crippen molar-refractivity contribution >= 4 is 27.2 Å². The average Bonchev–Trinajstić information content (AvgIpc) is 2.54. The molecule has 0 aliphatic rings. The lowest BCUT2D eigenvalue weighted by atomic mass is 10.2. The number of hydrogen-bond donors (Lipinski definition) is 2. The van der Waals surface area contributed by atoms with Gasteiger partial charge in [0.15, 0.2) is 0 Å². The number of nitrogens with one attached hydrogen (secondary N) is 1. The van der Waals surface area contributed by atoms with E-state index >= 15 is 0 Å². The van der Waals surface area contributed by atoms with Gasteiger partial charge in [-0.2, -0.15) is 0 Å². The van der Waals surface area contributed by atoms with E-state index in [2.05, 4.69) is 11.2 Å². The number of rotatable bonds is 6. The van der Waals surface area contributed by atoms with Crippen molar-refractivity contribution in [2.75, 3.05) is 25.5 Å². The zero-order valence-electron chi connectivity index (χ0n) is 13.5. The van der Waals surface area contributed by atoms with Crippen LogP contribution in [0.25, 0.3) is 0 Å². The topological polar surface area (TPSA) is 69.6 Å². The molecule has 2 aromatic carbocycles. The number of nitrogens with zero attached hydrogens (tertiary/aromatic N) is 1. The minimum Gasteiger partial charge on any atom is -0.395 e. The van der Waals surface area contributed by atoms with E-state index in [9.17, 15) is 17.8 Å². The number of benzene rings is 2. The number of aliphatic hydroxyl groups is 1. The molecule has 8 heteroatoms. The van der Waals surface area contributed by atoms with Gasteiger partial charge in [0.1, 0.15) is 11.6 Å². The molecule has 0 saturated heterocycles. The van der Waals surface area contributed by atoms with Crippen molar-refractivity contribution in [2.45, 2.75) is 4.90 Å². The lowest BCUT2D eigenvalue weighted by molar-refractivity contribution is 0.102. The van der Waals surface area contributed by atoms with E-state index in [1.165, 1.54) is 22.5 Å². The van der Waals surface area contributed by atoms with Crippen LogP contribution < -0.4 is 5.32 Å². The van der Waals surface area contributed by atoms with Crippen LogP contribution in [0.4, 0.5) is 14.5 Å². The van der Waals surface area contributed by atoms with Crippen LogP contribution in [-0.2, 0) is 9.71 Å². The molecule has 0 radical (unpaired) electrons. The SMILES string of the molecule is C=S(=O)(c1cccc(C(=O)Nc2cc(F)cc(F)c2)c1)N(C)CCO. The molecule has 1 atom stereocenters. The molecule has 0 fully saturated rings. The van der Waals surface area contributed by atoms with Crippen LogP contribution in [0.3, 0.4) is 0 Å². The first-order chi connectivity index (χ1) is 11.7.